The van der Waals surface area contributed by atoms with Crippen molar-refractivity contribution in [3.63, 3.8) is 0 Å². The standard InChI is InChI=1S/C4H8N2O/c1-2-3-6-4-7-5/h2-3H,1,4-5H2. The fourth-order valence-electron chi connectivity index (χ4n) is 0.161. The lowest BCUT2D eigenvalue weighted by atomic mass is 10.7. The van der Waals surface area contributed by atoms with Gasteiger partial charge in [-0.1, -0.05) is 12.7 Å². The molecule has 3 nitrogen and oxygen atoms in total. The largest absolute Gasteiger partial charge is 0.281 e. The molecule has 0 atom stereocenters. The average molecular weight is 100 g/mol. The molecule has 0 amide bonds. The van der Waals surface area contributed by atoms with E-state index in [1.165, 1.54) is 6.21 Å². The van der Waals surface area contributed by atoms with Crippen LogP contribution in [-0.2, 0) is 4.84 Å². The van der Waals surface area contributed by atoms with Crippen LogP contribution in [0.25, 0.3) is 0 Å². The Kier molecular flexibility index (Phi) is 4.82. The molecule has 0 aliphatic heterocycles. The predicted molar refractivity (Wildman–Crippen MR) is 28.8 cm³/mol. The van der Waals surface area contributed by atoms with Gasteiger partial charge in [-0.2, -0.15) is 0 Å². The lowest BCUT2D eigenvalue weighted by Crippen LogP contribution is -1.97. The maximum atomic E-state index is 4.62. The molecule has 2 N–H and O–H groups in total. The summed E-state index contributed by atoms with van der Waals surface area (Å²) < 4.78 is 0. The topological polar surface area (TPSA) is 47.6 Å². The van der Waals surface area contributed by atoms with Crippen LogP contribution in [0.3, 0.4) is 0 Å². The molecule has 40 valence electrons. The summed E-state index contributed by atoms with van der Waals surface area (Å²) in [6, 6.07) is 0. The lowest BCUT2D eigenvalue weighted by Gasteiger charge is -1.82. The number of nitrogens with two attached hydrogens (primary N) is 1. The molecule has 0 aromatic rings. The van der Waals surface area contributed by atoms with E-state index in [9.17, 15) is 0 Å². The van der Waals surface area contributed by atoms with E-state index < -0.39 is 0 Å². The van der Waals surface area contributed by atoms with E-state index in [1.807, 2.05) is 0 Å². The van der Waals surface area contributed by atoms with Gasteiger partial charge in [0.2, 0.25) is 0 Å². The molecule has 0 radical (unpaired) electrons. The molecule has 0 heterocycles. The van der Waals surface area contributed by atoms with Gasteiger partial charge < -0.3 is 0 Å². The van der Waals surface area contributed by atoms with E-state index in [0.717, 1.165) is 0 Å². The van der Waals surface area contributed by atoms with Crippen molar-refractivity contribution < 1.29 is 4.84 Å². The van der Waals surface area contributed by atoms with Crippen molar-refractivity contribution in [2.75, 3.05) is 6.73 Å². The summed E-state index contributed by atoms with van der Waals surface area (Å²) in [5, 5.41) is 0. The molecule has 0 aromatic heterocycles. The van der Waals surface area contributed by atoms with Crippen LogP contribution in [-0.4, -0.2) is 12.9 Å². The van der Waals surface area contributed by atoms with Crippen LogP contribution in [0.5, 0.6) is 0 Å². The Morgan fingerprint density at radius 1 is 1.86 bits per heavy atom. The second-order valence-electron chi connectivity index (χ2n) is 0.863. The molecular formula is C4H8N2O. The van der Waals surface area contributed by atoms with E-state index in [4.69, 9.17) is 0 Å². The zero-order chi connectivity index (χ0) is 5.54. The Hall–Kier alpha value is -0.670. The summed E-state index contributed by atoms with van der Waals surface area (Å²) in [6.07, 6.45) is 3.08. The second kappa shape index (κ2) is 5.33. The highest BCUT2D eigenvalue weighted by Gasteiger charge is 1.64. The molecule has 3 heteroatoms. The number of hydrogen-bond acceptors (Lipinski definition) is 3. The first kappa shape index (κ1) is 6.33. The van der Waals surface area contributed by atoms with Gasteiger partial charge in [-0.15, -0.1) is 0 Å². The number of allylic oxidation sites excluding steroid dienone is 1. The minimum Gasteiger partial charge on any atom is -0.281 e. The molecule has 0 aliphatic carbocycles. The fourth-order valence-corrected chi connectivity index (χ4v) is 0.161. The van der Waals surface area contributed by atoms with Crippen LogP contribution in [0.4, 0.5) is 0 Å². The highest BCUT2D eigenvalue weighted by molar-refractivity contribution is 5.69. The van der Waals surface area contributed by atoms with Gasteiger partial charge in [0, 0.05) is 6.21 Å². The van der Waals surface area contributed by atoms with Crippen LogP contribution in [0.15, 0.2) is 17.6 Å². The minimum absolute atomic E-state index is 0.200. The van der Waals surface area contributed by atoms with Crippen molar-refractivity contribution in [1.29, 1.82) is 0 Å². The van der Waals surface area contributed by atoms with E-state index >= 15 is 0 Å². The van der Waals surface area contributed by atoms with Crippen molar-refractivity contribution in [1.82, 2.24) is 0 Å². The monoisotopic (exact) mass is 100 g/mol. The Morgan fingerprint density at radius 2 is 2.57 bits per heavy atom. The summed E-state index contributed by atoms with van der Waals surface area (Å²) in [7, 11) is 0. The maximum Gasteiger partial charge on any atom is 0.157 e. The zero-order valence-corrected chi connectivity index (χ0v) is 4.00. The van der Waals surface area contributed by atoms with Gasteiger partial charge in [0.1, 0.15) is 0 Å². The Morgan fingerprint density at radius 3 is 3.00 bits per heavy atom. The van der Waals surface area contributed by atoms with Crippen molar-refractivity contribution in [3.05, 3.63) is 12.7 Å². The first-order valence-corrected chi connectivity index (χ1v) is 1.84. The minimum atomic E-state index is 0.200. The molecule has 7 heavy (non-hydrogen) atoms. The highest BCUT2D eigenvalue weighted by Crippen LogP contribution is 1.62. The number of rotatable bonds is 3. The molecule has 0 saturated carbocycles. The van der Waals surface area contributed by atoms with Crippen LogP contribution in [0.1, 0.15) is 0 Å². The number of nitrogens with zero attached hydrogens (tertiary/aromatic N) is 1. The van der Waals surface area contributed by atoms with Gasteiger partial charge in [0.25, 0.3) is 0 Å². The van der Waals surface area contributed by atoms with E-state index in [2.05, 4.69) is 22.3 Å². The molecule has 0 unspecified atom stereocenters. The Bertz CT molecular complexity index is 70.1. The highest BCUT2D eigenvalue weighted by atomic mass is 16.6. The summed E-state index contributed by atoms with van der Waals surface area (Å²) in [5.74, 6) is 4.62. The van der Waals surface area contributed by atoms with Gasteiger partial charge in [-0.05, 0) is 0 Å². The van der Waals surface area contributed by atoms with Crippen LogP contribution in [0, 0.1) is 0 Å². The van der Waals surface area contributed by atoms with Crippen LogP contribution >= 0.6 is 0 Å². The van der Waals surface area contributed by atoms with Gasteiger partial charge in [-0.3, -0.25) is 9.83 Å². The summed E-state index contributed by atoms with van der Waals surface area (Å²) in [6.45, 7) is 3.59. The molecule has 0 fully saturated rings. The smallest absolute Gasteiger partial charge is 0.157 e. The summed E-state index contributed by atoms with van der Waals surface area (Å²) in [4.78, 5) is 7.72. The molecule has 0 aliphatic rings. The SMILES string of the molecule is C=CC=NCON. The third kappa shape index (κ3) is 5.33. The van der Waals surface area contributed by atoms with Gasteiger partial charge in [0.05, 0.1) is 0 Å². The fraction of sp³-hybridized carbons (Fsp3) is 0.250. The Labute approximate surface area is 42.4 Å². The first-order valence-electron chi connectivity index (χ1n) is 1.84. The third-order valence-corrected chi connectivity index (χ3v) is 0.360. The first-order chi connectivity index (χ1) is 3.41. The van der Waals surface area contributed by atoms with Crippen molar-refractivity contribution >= 4 is 6.21 Å². The van der Waals surface area contributed by atoms with E-state index in [-0.39, 0.29) is 6.73 Å². The van der Waals surface area contributed by atoms with Gasteiger partial charge in [0.15, 0.2) is 6.73 Å². The van der Waals surface area contributed by atoms with Crippen LogP contribution in [0.2, 0.25) is 0 Å². The van der Waals surface area contributed by atoms with Gasteiger partial charge >= 0.3 is 0 Å². The molecule has 0 aromatic carbocycles. The van der Waals surface area contributed by atoms with E-state index in [1.54, 1.807) is 6.08 Å². The molecule has 0 spiro atoms. The average Bonchev–Trinajstić information content (AvgIpc) is 1.69. The van der Waals surface area contributed by atoms with E-state index in [0.29, 0.717) is 0 Å². The lowest BCUT2D eigenvalue weighted by molar-refractivity contribution is 0.147. The quantitative estimate of drug-likeness (QED) is 0.403. The molecule has 0 bridgehead atoms. The molecule has 0 rings (SSSR count). The number of aliphatic imine (C=N–C) groups is 1. The maximum absolute atomic E-state index is 4.62. The van der Waals surface area contributed by atoms with Crippen molar-refractivity contribution in [3.8, 4) is 0 Å². The third-order valence-electron chi connectivity index (χ3n) is 0.360. The van der Waals surface area contributed by atoms with Crippen molar-refractivity contribution in [2.45, 2.75) is 0 Å². The number of hydrogen-bond donors (Lipinski definition) is 1. The van der Waals surface area contributed by atoms with Crippen molar-refractivity contribution in [2.24, 2.45) is 10.9 Å². The summed E-state index contributed by atoms with van der Waals surface area (Å²) >= 11 is 0. The summed E-state index contributed by atoms with van der Waals surface area (Å²) in [5.41, 5.74) is 0. The Balaban J connectivity index is 2.92. The predicted octanol–water partition coefficient (Wildman–Crippen LogP) is 0.0910. The molecule has 0 saturated heterocycles. The second-order valence-corrected chi connectivity index (χ2v) is 0.863. The van der Waals surface area contributed by atoms with Crippen LogP contribution < -0.4 is 5.90 Å². The normalized spacial score (nSPS) is 9.86. The van der Waals surface area contributed by atoms with Gasteiger partial charge in [-0.25, -0.2) is 5.90 Å². The zero-order valence-electron chi connectivity index (χ0n) is 4.00. The molecular weight excluding hydrogens is 92.1 g/mol.